The standard InChI is InChI=1S/C22H22N2O5S/c1-13-5-7-16(14(2)9-13)17-12-30-22(23-17)24-21(26)15-6-8-18(27-3)19(10-15)29-11-20(25)28-4/h5-10,12H,11H2,1-4H3,(H,23,24,26). The van der Waals surface area contributed by atoms with Crippen molar-refractivity contribution in [3.63, 3.8) is 0 Å². The lowest BCUT2D eigenvalue weighted by molar-refractivity contribution is -0.142. The Labute approximate surface area is 178 Å². The summed E-state index contributed by atoms with van der Waals surface area (Å²) in [7, 11) is 2.75. The van der Waals surface area contributed by atoms with Gasteiger partial charge in [0, 0.05) is 16.5 Å². The van der Waals surface area contributed by atoms with Crippen LogP contribution in [-0.2, 0) is 9.53 Å². The van der Waals surface area contributed by atoms with Gasteiger partial charge in [0.1, 0.15) is 0 Å². The van der Waals surface area contributed by atoms with Crippen molar-refractivity contribution in [2.75, 3.05) is 26.1 Å². The minimum atomic E-state index is -0.534. The zero-order valence-electron chi connectivity index (χ0n) is 17.1. The number of carbonyl (C=O) groups is 2. The van der Waals surface area contributed by atoms with Crippen molar-refractivity contribution in [3.05, 3.63) is 58.5 Å². The van der Waals surface area contributed by atoms with Gasteiger partial charge < -0.3 is 14.2 Å². The topological polar surface area (TPSA) is 86.8 Å². The lowest BCUT2D eigenvalue weighted by Crippen LogP contribution is -2.15. The molecule has 7 nitrogen and oxygen atoms in total. The number of aryl methyl sites for hydroxylation is 2. The molecule has 3 rings (SSSR count). The molecule has 0 radical (unpaired) electrons. The summed E-state index contributed by atoms with van der Waals surface area (Å²) in [6, 6.07) is 10.9. The average Bonchev–Trinajstić information content (AvgIpc) is 3.19. The lowest BCUT2D eigenvalue weighted by atomic mass is 10.0. The first-order valence-corrected chi connectivity index (χ1v) is 10.0. The molecule has 0 fully saturated rings. The molecule has 0 aliphatic carbocycles. The monoisotopic (exact) mass is 426 g/mol. The normalized spacial score (nSPS) is 10.4. The SMILES string of the molecule is COC(=O)COc1cc(C(=O)Nc2nc(-c3ccc(C)cc3C)cs2)ccc1OC. The number of nitrogens with zero attached hydrogens (tertiary/aromatic N) is 1. The number of hydrogen-bond donors (Lipinski definition) is 1. The number of thiazole rings is 1. The van der Waals surface area contributed by atoms with Gasteiger partial charge in [-0.3, -0.25) is 10.1 Å². The summed E-state index contributed by atoms with van der Waals surface area (Å²) in [5.74, 6) is -0.205. The van der Waals surface area contributed by atoms with Crippen LogP contribution in [0.4, 0.5) is 5.13 Å². The van der Waals surface area contributed by atoms with Gasteiger partial charge in [0.2, 0.25) is 0 Å². The Balaban J connectivity index is 1.76. The Bertz CT molecular complexity index is 1080. The largest absolute Gasteiger partial charge is 0.493 e. The van der Waals surface area contributed by atoms with E-state index in [0.29, 0.717) is 16.4 Å². The number of rotatable bonds is 7. The fraction of sp³-hybridized carbons (Fsp3) is 0.227. The molecule has 0 atom stereocenters. The Morgan fingerprint density at radius 2 is 1.87 bits per heavy atom. The summed E-state index contributed by atoms with van der Waals surface area (Å²) in [5.41, 5.74) is 4.49. The molecule has 1 amide bonds. The van der Waals surface area contributed by atoms with E-state index >= 15 is 0 Å². The van der Waals surface area contributed by atoms with Crippen LogP contribution in [0.2, 0.25) is 0 Å². The van der Waals surface area contributed by atoms with E-state index in [1.54, 1.807) is 12.1 Å². The second-order valence-corrected chi connectivity index (χ2v) is 7.40. The number of benzene rings is 2. The summed E-state index contributed by atoms with van der Waals surface area (Å²) < 4.78 is 15.2. The highest BCUT2D eigenvalue weighted by Crippen LogP contribution is 2.30. The van der Waals surface area contributed by atoms with Crippen molar-refractivity contribution in [2.24, 2.45) is 0 Å². The number of hydrogen-bond acceptors (Lipinski definition) is 7. The van der Waals surface area contributed by atoms with Crippen molar-refractivity contribution in [3.8, 4) is 22.8 Å². The molecule has 0 bridgehead atoms. The van der Waals surface area contributed by atoms with Crippen molar-refractivity contribution >= 4 is 28.3 Å². The van der Waals surface area contributed by atoms with Crippen LogP contribution < -0.4 is 14.8 Å². The third-order valence-electron chi connectivity index (χ3n) is 4.38. The number of aromatic nitrogens is 1. The maximum atomic E-state index is 12.7. The second-order valence-electron chi connectivity index (χ2n) is 6.54. The van der Waals surface area contributed by atoms with Crippen LogP contribution in [0.3, 0.4) is 0 Å². The molecular formula is C22H22N2O5S. The van der Waals surface area contributed by atoms with Gasteiger partial charge in [-0.2, -0.15) is 0 Å². The summed E-state index contributed by atoms with van der Waals surface area (Å²) in [6.45, 7) is 3.79. The van der Waals surface area contributed by atoms with Gasteiger partial charge >= 0.3 is 5.97 Å². The first-order chi connectivity index (χ1) is 14.4. The summed E-state index contributed by atoms with van der Waals surface area (Å²) in [4.78, 5) is 28.6. The highest BCUT2D eigenvalue weighted by molar-refractivity contribution is 7.14. The number of nitrogens with one attached hydrogen (secondary N) is 1. The summed E-state index contributed by atoms with van der Waals surface area (Å²) >= 11 is 1.35. The predicted octanol–water partition coefficient (Wildman–Crippen LogP) is 4.24. The number of amides is 1. The Hall–Kier alpha value is -3.39. The molecule has 0 unspecified atom stereocenters. The Morgan fingerprint density at radius 3 is 2.57 bits per heavy atom. The molecule has 1 N–H and O–H groups in total. The first-order valence-electron chi connectivity index (χ1n) is 9.13. The van der Waals surface area contributed by atoms with Crippen molar-refractivity contribution in [2.45, 2.75) is 13.8 Å². The van der Waals surface area contributed by atoms with Crippen LogP contribution in [0, 0.1) is 13.8 Å². The van der Waals surface area contributed by atoms with Crippen LogP contribution in [0.1, 0.15) is 21.5 Å². The van der Waals surface area contributed by atoms with E-state index in [9.17, 15) is 9.59 Å². The summed E-state index contributed by atoms with van der Waals surface area (Å²) in [6.07, 6.45) is 0. The lowest BCUT2D eigenvalue weighted by Gasteiger charge is -2.11. The van der Waals surface area contributed by atoms with E-state index in [1.807, 2.05) is 31.4 Å². The van der Waals surface area contributed by atoms with Crippen molar-refractivity contribution in [1.82, 2.24) is 4.98 Å². The van der Waals surface area contributed by atoms with Gasteiger partial charge in [-0.15, -0.1) is 11.3 Å². The molecule has 2 aromatic carbocycles. The Morgan fingerprint density at radius 1 is 1.07 bits per heavy atom. The smallest absolute Gasteiger partial charge is 0.343 e. The van der Waals surface area contributed by atoms with Gasteiger partial charge in [-0.05, 0) is 37.6 Å². The average molecular weight is 426 g/mol. The molecule has 1 heterocycles. The van der Waals surface area contributed by atoms with Gasteiger partial charge in [-0.25, -0.2) is 9.78 Å². The highest BCUT2D eigenvalue weighted by Gasteiger charge is 2.15. The minimum Gasteiger partial charge on any atom is -0.493 e. The Kier molecular flexibility index (Phi) is 6.68. The van der Waals surface area contributed by atoms with E-state index in [-0.39, 0.29) is 18.3 Å². The third-order valence-corrected chi connectivity index (χ3v) is 5.14. The maximum Gasteiger partial charge on any atom is 0.343 e. The van der Waals surface area contributed by atoms with Crippen molar-refractivity contribution in [1.29, 1.82) is 0 Å². The van der Waals surface area contributed by atoms with E-state index in [4.69, 9.17) is 9.47 Å². The van der Waals surface area contributed by atoms with E-state index in [0.717, 1.165) is 16.8 Å². The van der Waals surface area contributed by atoms with Crippen molar-refractivity contribution < 1.29 is 23.8 Å². The van der Waals surface area contributed by atoms with E-state index < -0.39 is 5.97 Å². The zero-order chi connectivity index (χ0) is 21.7. The quantitative estimate of drug-likeness (QED) is 0.569. The number of anilines is 1. The molecule has 156 valence electrons. The second kappa shape index (κ2) is 9.41. The third kappa shape index (κ3) is 4.96. The number of esters is 1. The molecule has 0 saturated carbocycles. The van der Waals surface area contributed by atoms with Crippen LogP contribution in [0.25, 0.3) is 11.3 Å². The molecule has 1 aromatic heterocycles. The summed E-state index contributed by atoms with van der Waals surface area (Å²) in [5, 5.41) is 5.20. The van der Waals surface area contributed by atoms with Crippen LogP contribution >= 0.6 is 11.3 Å². The van der Waals surface area contributed by atoms with Crippen LogP contribution in [0.5, 0.6) is 11.5 Å². The predicted molar refractivity (Wildman–Crippen MR) is 115 cm³/mol. The highest BCUT2D eigenvalue weighted by atomic mass is 32.1. The van der Waals surface area contributed by atoms with Gasteiger partial charge in [0.25, 0.3) is 5.91 Å². The molecule has 0 aliphatic heterocycles. The maximum absolute atomic E-state index is 12.7. The molecule has 30 heavy (non-hydrogen) atoms. The van der Waals surface area contributed by atoms with E-state index in [1.165, 1.54) is 37.2 Å². The zero-order valence-corrected chi connectivity index (χ0v) is 18.0. The van der Waals surface area contributed by atoms with Crippen LogP contribution in [-0.4, -0.2) is 37.7 Å². The fourth-order valence-electron chi connectivity index (χ4n) is 2.85. The molecular weight excluding hydrogens is 404 g/mol. The van der Waals surface area contributed by atoms with Gasteiger partial charge in [0.15, 0.2) is 23.2 Å². The minimum absolute atomic E-state index is 0.269. The van der Waals surface area contributed by atoms with E-state index in [2.05, 4.69) is 21.1 Å². The number of carbonyl (C=O) groups excluding carboxylic acids is 2. The molecule has 3 aromatic rings. The number of methoxy groups -OCH3 is 2. The van der Waals surface area contributed by atoms with Gasteiger partial charge in [-0.1, -0.05) is 23.8 Å². The van der Waals surface area contributed by atoms with Crippen LogP contribution in [0.15, 0.2) is 41.8 Å². The molecule has 8 heteroatoms. The molecule has 0 aliphatic rings. The number of ether oxygens (including phenoxy) is 3. The van der Waals surface area contributed by atoms with Gasteiger partial charge in [0.05, 0.1) is 19.9 Å². The molecule has 0 saturated heterocycles. The fourth-order valence-corrected chi connectivity index (χ4v) is 3.56. The molecule has 0 spiro atoms. The first kappa shape index (κ1) is 21.3.